The molecule has 0 aliphatic carbocycles. The summed E-state index contributed by atoms with van der Waals surface area (Å²) < 4.78 is 22.0. The third-order valence-corrected chi connectivity index (χ3v) is 9.36. The smallest absolute Gasteiger partial charge is 0.407 e. The Kier molecular flexibility index (Phi) is 11.3. The predicted octanol–water partition coefficient (Wildman–Crippen LogP) is 6.91. The second-order valence-corrected chi connectivity index (χ2v) is 13.3. The minimum absolute atomic E-state index is 0.432. The highest BCUT2D eigenvalue weighted by Crippen LogP contribution is 2.47. The zero-order chi connectivity index (χ0) is 40.8. The third-order valence-electron chi connectivity index (χ3n) is 9.36. The van der Waals surface area contributed by atoms with E-state index in [1.165, 1.54) is 14.2 Å². The second-order valence-electron chi connectivity index (χ2n) is 13.3. The minimum atomic E-state index is -0.972. The molecule has 0 saturated heterocycles. The van der Waals surface area contributed by atoms with Gasteiger partial charge in [0.2, 0.25) is 11.8 Å². The number of nitrogens with one attached hydrogen (secondary N) is 6. The van der Waals surface area contributed by atoms with Gasteiger partial charge in [-0.2, -0.15) is 0 Å². The van der Waals surface area contributed by atoms with Crippen LogP contribution >= 0.6 is 0 Å². The van der Waals surface area contributed by atoms with Crippen molar-refractivity contribution in [3.05, 3.63) is 132 Å². The van der Waals surface area contributed by atoms with Crippen LogP contribution < -0.4 is 30.7 Å². The van der Waals surface area contributed by atoms with Crippen LogP contribution in [0.15, 0.2) is 109 Å². The molecule has 0 spiro atoms. The van der Waals surface area contributed by atoms with Gasteiger partial charge in [0.15, 0.2) is 23.0 Å². The van der Waals surface area contributed by atoms with Crippen LogP contribution in [0.1, 0.15) is 60.8 Å². The van der Waals surface area contributed by atoms with E-state index in [4.69, 9.17) is 18.9 Å². The highest BCUT2D eigenvalue weighted by Gasteiger charge is 2.28. The lowest BCUT2D eigenvalue weighted by atomic mass is 10.1. The molecule has 296 valence electrons. The number of nitrogens with zero attached hydrogens (tertiary/aromatic N) is 2. The van der Waals surface area contributed by atoms with Crippen molar-refractivity contribution in [3.63, 3.8) is 0 Å². The van der Waals surface area contributed by atoms with Gasteiger partial charge in [-0.3, -0.25) is 9.59 Å². The van der Waals surface area contributed by atoms with E-state index in [1.807, 2.05) is 36.4 Å². The molecular formula is C42H40N8O8. The fourth-order valence-corrected chi connectivity index (χ4v) is 6.30. The molecule has 7 rings (SSSR count). The summed E-state index contributed by atoms with van der Waals surface area (Å²) in [5.74, 6) is 2.16. The summed E-state index contributed by atoms with van der Waals surface area (Å²) in [7, 11) is 2.47. The van der Waals surface area contributed by atoms with Gasteiger partial charge >= 0.3 is 12.2 Å². The average Bonchev–Trinajstić information content (AvgIpc) is 3.96. The van der Waals surface area contributed by atoms with E-state index in [9.17, 15) is 19.2 Å². The molecule has 6 N–H and O–H groups in total. The molecule has 1 aliphatic heterocycles. The Morgan fingerprint density at radius 1 is 0.552 bits per heavy atom. The summed E-state index contributed by atoms with van der Waals surface area (Å²) in [5.41, 5.74) is 4.12. The molecule has 0 radical (unpaired) electrons. The number of carbonyl (C=O) groups is 4. The normalized spacial score (nSPS) is 13.4. The van der Waals surface area contributed by atoms with E-state index in [1.54, 1.807) is 86.9 Å². The van der Waals surface area contributed by atoms with Crippen LogP contribution in [0.5, 0.6) is 23.0 Å². The predicted molar refractivity (Wildman–Crippen MR) is 211 cm³/mol. The van der Waals surface area contributed by atoms with E-state index in [0.29, 0.717) is 57.2 Å². The molecule has 0 saturated carbocycles. The summed E-state index contributed by atoms with van der Waals surface area (Å²) in [5, 5.41) is 11.0. The van der Waals surface area contributed by atoms with Crippen molar-refractivity contribution in [2.24, 2.45) is 0 Å². The first kappa shape index (κ1) is 38.6. The number of alkyl carbamates (subject to hydrolysis) is 2. The molecule has 4 amide bonds. The van der Waals surface area contributed by atoms with Gasteiger partial charge < -0.3 is 50.2 Å². The van der Waals surface area contributed by atoms with E-state index in [-0.39, 0.29) is 0 Å². The van der Waals surface area contributed by atoms with Crippen LogP contribution in [0, 0.1) is 0 Å². The number of hydrogen-bond donors (Lipinski definition) is 6. The molecule has 0 bridgehead atoms. The number of aromatic nitrogens is 4. The maximum atomic E-state index is 13.3. The van der Waals surface area contributed by atoms with Gasteiger partial charge in [-0.15, -0.1) is 0 Å². The van der Waals surface area contributed by atoms with Crippen molar-refractivity contribution in [1.82, 2.24) is 41.2 Å². The zero-order valence-electron chi connectivity index (χ0n) is 31.9. The summed E-state index contributed by atoms with van der Waals surface area (Å²) >= 11 is 0. The lowest BCUT2D eigenvalue weighted by molar-refractivity contribution is -0.124. The molecule has 4 aromatic carbocycles. The Hall–Kier alpha value is -7.62. The number of benzene rings is 4. The first-order chi connectivity index (χ1) is 28.1. The van der Waals surface area contributed by atoms with Crippen molar-refractivity contribution in [2.45, 2.75) is 38.0 Å². The van der Waals surface area contributed by atoms with E-state index >= 15 is 0 Å². The molecule has 1 aliphatic rings. The first-order valence-corrected chi connectivity index (χ1v) is 18.2. The van der Waals surface area contributed by atoms with Gasteiger partial charge in [0.05, 0.1) is 50.1 Å². The zero-order valence-corrected chi connectivity index (χ0v) is 31.9. The number of aromatic amines is 2. The van der Waals surface area contributed by atoms with E-state index < -0.39 is 48.2 Å². The Bertz CT molecular complexity index is 2260. The van der Waals surface area contributed by atoms with Crippen molar-refractivity contribution in [3.8, 4) is 45.5 Å². The van der Waals surface area contributed by atoms with Crippen LogP contribution in [0.25, 0.3) is 22.5 Å². The molecule has 58 heavy (non-hydrogen) atoms. The van der Waals surface area contributed by atoms with Crippen LogP contribution in [0.4, 0.5) is 9.59 Å². The molecule has 16 heteroatoms. The van der Waals surface area contributed by atoms with Crippen LogP contribution in [0.3, 0.4) is 0 Å². The van der Waals surface area contributed by atoms with Gasteiger partial charge in [0.25, 0.3) is 0 Å². The SMILES string of the molecule is COC(=O)NC(C(=O)NC(C)c1ncc(-c2ccc3c(c2)Oc2ccc(-c4cnc(C(C)NC(=O)C(NC(=O)OC)c5ccccc5)[nH]4)cc2O3)[nH]1)c1ccccc1. The molecule has 0 fully saturated rings. The molecule has 2 aromatic heterocycles. The number of rotatable bonds is 12. The maximum Gasteiger partial charge on any atom is 0.407 e. The number of carbonyl (C=O) groups excluding carboxylic acids is 4. The minimum Gasteiger partial charge on any atom is -0.453 e. The van der Waals surface area contributed by atoms with Gasteiger partial charge in [0.1, 0.15) is 23.7 Å². The fraction of sp³-hybridized carbons (Fsp3) is 0.190. The largest absolute Gasteiger partial charge is 0.453 e. The Balaban J connectivity index is 0.997. The average molecular weight is 785 g/mol. The Morgan fingerprint density at radius 2 is 0.948 bits per heavy atom. The van der Waals surface area contributed by atoms with Crippen molar-refractivity contribution in [2.75, 3.05) is 14.2 Å². The second kappa shape index (κ2) is 17.0. The highest BCUT2D eigenvalue weighted by atomic mass is 16.6. The van der Waals surface area contributed by atoms with Gasteiger partial charge in [0, 0.05) is 11.1 Å². The maximum absolute atomic E-state index is 13.3. The summed E-state index contributed by atoms with van der Waals surface area (Å²) in [4.78, 5) is 66.1. The Morgan fingerprint density at radius 3 is 1.33 bits per heavy atom. The van der Waals surface area contributed by atoms with E-state index in [0.717, 1.165) is 11.1 Å². The number of methoxy groups -OCH3 is 2. The molecular weight excluding hydrogens is 745 g/mol. The lowest BCUT2D eigenvalue weighted by Crippen LogP contribution is -2.41. The molecule has 4 atom stereocenters. The number of hydrogen-bond acceptors (Lipinski definition) is 10. The highest BCUT2D eigenvalue weighted by molar-refractivity contribution is 5.88. The van der Waals surface area contributed by atoms with Crippen molar-refractivity contribution >= 4 is 24.0 Å². The summed E-state index contributed by atoms with van der Waals surface area (Å²) in [6, 6.07) is 25.7. The number of ether oxygens (including phenoxy) is 4. The molecule has 16 nitrogen and oxygen atoms in total. The molecule has 6 aromatic rings. The summed E-state index contributed by atoms with van der Waals surface area (Å²) in [6.45, 7) is 3.57. The van der Waals surface area contributed by atoms with Gasteiger partial charge in [-0.1, -0.05) is 60.7 Å². The number of H-pyrrole nitrogens is 2. The molecule has 4 unspecified atom stereocenters. The van der Waals surface area contributed by atoms with Crippen molar-refractivity contribution < 1.29 is 38.1 Å². The third kappa shape index (κ3) is 8.60. The van der Waals surface area contributed by atoms with Crippen LogP contribution in [0.2, 0.25) is 0 Å². The first-order valence-electron chi connectivity index (χ1n) is 18.2. The van der Waals surface area contributed by atoms with Crippen molar-refractivity contribution in [1.29, 1.82) is 0 Å². The van der Waals surface area contributed by atoms with Crippen LogP contribution in [-0.2, 0) is 19.1 Å². The Labute approximate surface area is 332 Å². The number of imidazole rings is 2. The topological polar surface area (TPSA) is 211 Å². The molecule has 3 heterocycles. The standard InChI is InChI=1S/C42H40N8O8/c1-23(45-39(51)35(49-41(53)55-3)25-11-7-5-8-12-25)37-43-21-29(47-37)27-15-17-31-33(19-27)57-32-18-16-28(20-34(32)58-31)30-22-44-38(48-30)24(2)46-40(52)36(50-42(54)56-4)26-13-9-6-10-14-26/h5-24,35-36H,1-4H3,(H,43,47)(H,44,48)(H,45,51)(H,46,52)(H,49,53)(H,50,54). The number of amides is 4. The van der Waals surface area contributed by atoms with Gasteiger partial charge in [-0.05, 0) is 61.4 Å². The monoisotopic (exact) mass is 784 g/mol. The quantitative estimate of drug-likeness (QED) is 0.0754. The van der Waals surface area contributed by atoms with Crippen LogP contribution in [-0.4, -0.2) is 58.2 Å². The lowest BCUT2D eigenvalue weighted by Gasteiger charge is -2.21. The van der Waals surface area contributed by atoms with E-state index in [2.05, 4.69) is 41.2 Å². The fourth-order valence-electron chi connectivity index (χ4n) is 6.30. The van der Waals surface area contributed by atoms with Gasteiger partial charge in [-0.25, -0.2) is 19.6 Å². The number of fused-ring (bicyclic) bond motifs is 2. The summed E-state index contributed by atoms with van der Waals surface area (Å²) in [6.07, 6.45) is 1.87.